The van der Waals surface area contributed by atoms with Gasteiger partial charge in [0, 0.05) is 35.4 Å². The zero-order chi connectivity index (χ0) is 39.2. The van der Waals surface area contributed by atoms with Gasteiger partial charge < -0.3 is 35.6 Å². The van der Waals surface area contributed by atoms with E-state index in [1.165, 1.54) is 37.1 Å². The summed E-state index contributed by atoms with van der Waals surface area (Å²) in [5.74, 6) is -6.01. The average Bonchev–Trinajstić information content (AvgIpc) is 3.57. The van der Waals surface area contributed by atoms with Crippen LogP contribution in [0.4, 0.5) is 29.1 Å². The number of carboxylic acid groups (broad SMARTS) is 2. The number of aromatic nitrogens is 1. The lowest BCUT2D eigenvalue weighted by Gasteiger charge is -2.32. The minimum absolute atomic E-state index is 0.00479. The molecule has 2 unspecified atom stereocenters. The van der Waals surface area contributed by atoms with E-state index >= 15 is 4.39 Å². The van der Waals surface area contributed by atoms with E-state index in [1.807, 2.05) is 0 Å². The number of rotatable bonds is 11. The number of hydrogen-bond donors (Lipinski definition) is 4. The maximum atomic E-state index is 15.9. The number of ether oxygens (including phenoxy) is 2. The van der Waals surface area contributed by atoms with Crippen molar-refractivity contribution in [2.24, 2.45) is 5.92 Å². The van der Waals surface area contributed by atoms with E-state index in [-0.39, 0.29) is 52.8 Å². The number of halogens is 4. The van der Waals surface area contributed by atoms with Crippen molar-refractivity contribution < 1.29 is 60.0 Å². The first-order valence-corrected chi connectivity index (χ1v) is 17.7. The fraction of sp³-hybridized carbons (Fsp3) is 0.314. The first kappa shape index (κ1) is 40.1. The molecular formula is C35H36F4N4O9S. The number of anilines is 2. The molecule has 0 saturated carbocycles. The minimum atomic E-state index is -5.08. The molecule has 53 heavy (non-hydrogen) atoms. The fourth-order valence-corrected chi connectivity index (χ4v) is 7.09. The lowest BCUT2D eigenvalue weighted by Crippen LogP contribution is -2.40. The van der Waals surface area contributed by atoms with Crippen molar-refractivity contribution in [1.29, 1.82) is 0 Å². The summed E-state index contributed by atoms with van der Waals surface area (Å²) in [6.45, 7) is 3.48. The predicted octanol–water partition coefficient (Wildman–Crippen LogP) is 5.62. The molecule has 4 aromatic rings. The highest BCUT2D eigenvalue weighted by Gasteiger charge is 2.46. The van der Waals surface area contributed by atoms with E-state index in [2.05, 4.69) is 10.3 Å². The Kier molecular flexibility index (Phi) is 12.4. The van der Waals surface area contributed by atoms with Gasteiger partial charge in [0.25, 0.3) is 0 Å². The van der Waals surface area contributed by atoms with Crippen molar-refractivity contribution in [2.75, 3.05) is 37.1 Å². The highest BCUT2D eigenvalue weighted by molar-refractivity contribution is 7.91. The molecule has 1 fully saturated rings. The second-order valence-electron chi connectivity index (χ2n) is 11.6. The van der Waals surface area contributed by atoms with Crippen molar-refractivity contribution in [2.45, 2.75) is 43.4 Å². The molecule has 1 aliphatic rings. The largest absolute Gasteiger partial charge is 0.493 e. The highest BCUT2D eigenvalue weighted by Crippen LogP contribution is 2.43. The van der Waals surface area contributed by atoms with Gasteiger partial charge in [0.05, 0.1) is 36.3 Å². The van der Waals surface area contributed by atoms with Gasteiger partial charge in [-0.15, -0.1) is 0 Å². The van der Waals surface area contributed by atoms with Crippen molar-refractivity contribution in [3.05, 3.63) is 83.8 Å². The van der Waals surface area contributed by atoms with Gasteiger partial charge in [-0.3, -0.25) is 9.59 Å². The lowest BCUT2D eigenvalue weighted by molar-refractivity contribution is -0.192. The molecular weight excluding hydrogens is 728 g/mol. The predicted molar refractivity (Wildman–Crippen MR) is 185 cm³/mol. The Hall–Kier alpha value is -5.65. The van der Waals surface area contributed by atoms with Gasteiger partial charge in [0.2, 0.25) is 5.91 Å². The number of aliphatic carboxylic acids is 2. The molecule has 1 amide bonds. The number of sulfone groups is 1. The third-order valence-electron chi connectivity index (χ3n) is 8.44. The first-order chi connectivity index (χ1) is 24.9. The monoisotopic (exact) mass is 764 g/mol. The van der Waals surface area contributed by atoms with Gasteiger partial charge >= 0.3 is 18.1 Å². The molecule has 18 heteroatoms. The number of fused-ring (bicyclic) bond motifs is 1. The molecule has 13 nitrogen and oxygen atoms in total. The molecule has 3 atom stereocenters. The molecule has 5 rings (SSSR count). The maximum absolute atomic E-state index is 15.9. The number of nitrogen functional groups attached to an aromatic ring is 1. The van der Waals surface area contributed by atoms with Crippen LogP contribution in [-0.2, 0) is 24.2 Å². The van der Waals surface area contributed by atoms with E-state index in [0.29, 0.717) is 16.9 Å². The lowest BCUT2D eigenvalue weighted by atomic mass is 9.93. The number of carboxylic acids is 2. The van der Waals surface area contributed by atoms with E-state index in [0.717, 1.165) is 11.5 Å². The molecule has 5 N–H and O–H groups in total. The van der Waals surface area contributed by atoms with Crippen molar-refractivity contribution in [3.63, 3.8) is 0 Å². The number of nitrogens with zero attached hydrogens (tertiary/aromatic N) is 2. The number of nitrogens with two attached hydrogens (primary N) is 1. The van der Waals surface area contributed by atoms with Crippen LogP contribution in [0.2, 0.25) is 0 Å². The Bertz CT molecular complexity index is 2120. The van der Waals surface area contributed by atoms with Gasteiger partial charge in [-0.1, -0.05) is 25.1 Å². The Morgan fingerprint density at radius 3 is 2.34 bits per heavy atom. The van der Waals surface area contributed by atoms with Crippen LogP contribution in [0.15, 0.2) is 71.8 Å². The highest BCUT2D eigenvalue weighted by atomic mass is 32.2. The smallest absolute Gasteiger partial charge is 0.490 e. The zero-order valence-electron chi connectivity index (χ0n) is 28.6. The van der Waals surface area contributed by atoms with E-state index in [9.17, 15) is 36.3 Å². The number of hydrogen-bond acceptors (Lipinski definition) is 10. The molecule has 0 spiro atoms. The van der Waals surface area contributed by atoms with Crippen molar-refractivity contribution in [1.82, 2.24) is 9.88 Å². The van der Waals surface area contributed by atoms with Gasteiger partial charge in [-0.05, 0) is 60.7 Å². The molecule has 1 aromatic heterocycles. The second-order valence-corrected chi connectivity index (χ2v) is 13.9. The second kappa shape index (κ2) is 16.4. The van der Waals surface area contributed by atoms with Gasteiger partial charge in [-0.2, -0.15) is 13.2 Å². The number of nitrogens with one attached hydrogen (secondary N) is 1. The number of methoxy groups -OCH3 is 1. The summed E-state index contributed by atoms with van der Waals surface area (Å²) in [5.41, 5.74) is 6.59. The Morgan fingerprint density at radius 1 is 1.06 bits per heavy atom. The Morgan fingerprint density at radius 2 is 1.74 bits per heavy atom. The molecule has 284 valence electrons. The number of carbonyl (C=O) groups excluding carboxylic acids is 1. The summed E-state index contributed by atoms with van der Waals surface area (Å²) in [6.07, 6.45) is -3.47. The van der Waals surface area contributed by atoms with Crippen LogP contribution in [0, 0.1) is 11.7 Å². The van der Waals surface area contributed by atoms with Crippen LogP contribution >= 0.6 is 0 Å². The third-order valence-corrected chi connectivity index (χ3v) is 10.2. The summed E-state index contributed by atoms with van der Waals surface area (Å²) < 4.78 is 84.9. The molecule has 0 radical (unpaired) electrons. The number of benzene rings is 3. The zero-order valence-corrected chi connectivity index (χ0v) is 29.4. The standard InChI is InChI=1S/C33H35FN4O7S.C2HF3O2/c1-4-45-27-17-24(25(34)18-26(27)44-3)29(37-20-10-11-21-19(16-20)12-14-36-31(21)35)32(39)38-15-13-23(33(40)41)30(38)22-8-6-7-9-28(22)46(42,43)5-2;3-2(4,5)1(6)7/h6-12,14,16-18,23,29-30,37H,4-5,13,15H2,1-3H3,(H2,35,36)(H,40,41);(H,6,7)/t23?,29-,30?;/m0./s1. The van der Waals surface area contributed by atoms with Crippen LogP contribution in [-0.4, -0.2) is 78.6 Å². The first-order valence-electron chi connectivity index (χ1n) is 16.0. The van der Waals surface area contributed by atoms with E-state index in [1.54, 1.807) is 49.5 Å². The molecule has 1 aliphatic heterocycles. The van der Waals surface area contributed by atoms with Crippen LogP contribution in [0.1, 0.15) is 43.5 Å². The van der Waals surface area contributed by atoms with Crippen molar-refractivity contribution >= 4 is 50.0 Å². The van der Waals surface area contributed by atoms with Crippen LogP contribution in [0.25, 0.3) is 10.8 Å². The maximum Gasteiger partial charge on any atom is 0.490 e. The SMILES string of the molecule is CCOc1cc([C@H](Nc2ccc3c(N)nccc3c2)C(=O)N2CCC(C(=O)O)C2c2ccccc2S(=O)(=O)CC)c(F)cc1OC.O=C(O)C(F)(F)F. The average molecular weight is 765 g/mol. The summed E-state index contributed by atoms with van der Waals surface area (Å²) in [7, 11) is -2.42. The quantitative estimate of drug-likeness (QED) is 0.138. The van der Waals surface area contributed by atoms with Gasteiger partial charge in [-0.25, -0.2) is 22.6 Å². The number of carbonyl (C=O) groups is 3. The van der Waals surface area contributed by atoms with E-state index in [4.69, 9.17) is 25.1 Å². The van der Waals surface area contributed by atoms with Crippen molar-refractivity contribution in [3.8, 4) is 11.5 Å². The summed E-state index contributed by atoms with van der Waals surface area (Å²) in [6, 6.07) is 13.0. The Balaban J connectivity index is 0.000000815. The molecule has 2 heterocycles. The van der Waals surface area contributed by atoms with Crippen LogP contribution in [0.3, 0.4) is 0 Å². The van der Waals surface area contributed by atoms with Gasteiger partial charge in [0.1, 0.15) is 17.7 Å². The number of alkyl halides is 3. The Labute approximate surface area is 301 Å². The van der Waals surface area contributed by atoms with E-state index < -0.39 is 57.7 Å². The van der Waals surface area contributed by atoms with Gasteiger partial charge in [0.15, 0.2) is 21.3 Å². The third kappa shape index (κ3) is 8.88. The fourth-order valence-electron chi connectivity index (χ4n) is 5.94. The summed E-state index contributed by atoms with van der Waals surface area (Å²) in [4.78, 5) is 41.5. The molecule has 0 aliphatic carbocycles. The molecule has 0 bridgehead atoms. The normalized spacial score (nSPS) is 16.3. The summed E-state index contributed by atoms with van der Waals surface area (Å²) in [5, 5.41) is 21.9. The molecule has 1 saturated heterocycles. The molecule has 3 aromatic carbocycles. The number of likely N-dealkylation sites (tertiary alicyclic amines) is 1. The number of pyridine rings is 1. The topological polar surface area (TPSA) is 198 Å². The van der Waals surface area contributed by atoms with Crippen LogP contribution < -0.4 is 20.5 Å². The van der Waals surface area contributed by atoms with Crippen LogP contribution in [0.5, 0.6) is 11.5 Å². The number of amides is 1. The summed E-state index contributed by atoms with van der Waals surface area (Å²) >= 11 is 0. The minimum Gasteiger partial charge on any atom is -0.493 e.